The second-order valence-corrected chi connectivity index (χ2v) is 3.75. The summed E-state index contributed by atoms with van der Waals surface area (Å²) in [5.74, 6) is 0.662. The minimum atomic E-state index is -0.534. The molecule has 0 saturated heterocycles. The van der Waals surface area contributed by atoms with E-state index in [0.717, 1.165) is 12.8 Å². The van der Waals surface area contributed by atoms with Crippen LogP contribution in [0.25, 0.3) is 0 Å². The maximum atomic E-state index is 9.65. The molecule has 0 amide bonds. The molecule has 2 heteroatoms. The molecule has 0 spiro atoms. The molecule has 1 fully saturated rings. The fourth-order valence-corrected chi connectivity index (χ4v) is 1.76. The normalized spacial score (nSPS) is 48.0. The molecule has 1 aliphatic carbocycles. The van der Waals surface area contributed by atoms with E-state index in [0.29, 0.717) is 11.8 Å². The quantitative estimate of drug-likeness (QED) is 0.571. The van der Waals surface area contributed by atoms with Crippen LogP contribution in [-0.4, -0.2) is 22.4 Å². The van der Waals surface area contributed by atoms with E-state index in [1.165, 1.54) is 0 Å². The summed E-state index contributed by atoms with van der Waals surface area (Å²) in [6.07, 6.45) is 1.72. The van der Waals surface area contributed by atoms with Gasteiger partial charge in [-0.25, -0.2) is 0 Å². The Labute approximate surface area is 61.9 Å². The van der Waals surface area contributed by atoms with Gasteiger partial charge in [0, 0.05) is 6.61 Å². The standard InChI is InChI=1S/C8H16O2/c1-6-3-7(5-9)4-8(6,2)10/h6-7,9-10H,3-5H2,1-2H3/t6-,7+,8-/m1/s1. The highest BCUT2D eigenvalue weighted by Gasteiger charge is 2.38. The molecule has 0 unspecified atom stereocenters. The molecule has 1 aliphatic rings. The van der Waals surface area contributed by atoms with Gasteiger partial charge in [-0.15, -0.1) is 0 Å². The first-order valence-electron chi connectivity index (χ1n) is 3.89. The summed E-state index contributed by atoms with van der Waals surface area (Å²) < 4.78 is 0. The topological polar surface area (TPSA) is 40.5 Å². The highest BCUT2D eigenvalue weighted by atomic mass is 16.3. The van der Waals surface area contributed by atoms with Crippen LogP contribution in [0.4, 0.5) is 0 Å². The van der Waals surface area contributed by atoms with Gasteiger partial charge in [0.25, 0.3) is 0 Å². The molecule has 0 bridgehead atoms. The maximum Gasteiger partial charge on any atom is 0.0648 e. The molecule has 60 valence electrons. The van der Waals surface area contributed by atoms with Crippen molar-refractivity contribution in [2.75, 3.05) is 6.61 Å². The van der Waals surface area contributed by atoms with Crippen LogP contribution >= 0.6 is 0 Å². The van der Waals surface area contributed by atoms with Gasteiger partial charge in [-0.3, -0.25) is 0 Å². The molecule has 0 aromatic rings. The Hall–Kier alpha value is -0.0800. The first kappa shape index (κ1) is 8.02. The number of aliphatic hydroxyl groups excluding tert-OH is 1. The fourth-order valence-electron chi connectivity index (χ4n) is 1.76. The van der Waals surface area contributed by atoms with Crippen molar-refractivity contribution in [3.8, 4) is 0 Å². The van der Waals surface area contributed by atoms with Crippen molar-refractivity contribution in [2.24, 2.45) is 11.8 Å². The zero-order chi connectivity index (χ0) is 7.78. The Balaban J connectivity index is 2.53. The van der Waals surface area contributed by atoms with Crippen LogP contribution in [0.3, 0.4) is 0 Å². The van der Waals surface area contributed by atoms with E-state index < -0.39 is 5.60 Å². The van der Waals surface area contributed by atoms with Crippen LogP contribution in [0.1, 0.15) is 26.7 Å². The van der Waals surface area contributed by atoms with Crippen molar-refractivity contribution in [2.45, 2.75) is 32.3 Å². The van der Waals surface area contributed by atoms with E-state index in [9.17, 15) is 5.11 Å². The van der Waals surface area contributed by atoms with Crippen LogP contribution in [0.15, 0.2) is 0 Å². The van der Waals surface area contributed by atoms with E-state index in [-0.39, 0.29) is 6.61 Å². The summed E-state index contributed by atoms with van der Waals surface area (Å²) in [5, 5.41) is 18.5. The van der Waals surface area contributed by atoms with Gasteiger partial charge in [0.1, 0.15) is 0 Å². The van der Waals surface area contributed by atoms with Crippen LogP contribution in [0.5, 0.6) is 0 Å². The number of hydrogen-bond acceptors (Lipinski definition) is 2. The van der Waals surface area contributed by atoms with Gasteiger partial charge in [-0.1, -0.05) is 6.92 Å². The second kappa shape index (κ2) is 2.51. The molecular formula is C8H16O2. The van der Waals surface area contributed by atoms with Gasteiger partial charge in [0.2, 0.25) is 0 Å². The molecular weight excluding hydrogens is 128 g/mol. The van der Waals surface area contributed by atoms with E-state index in [1.807, 2.05) is 13.8 Å². The summed E-state index contributed by atoms with van der Waals surface area (Å²) >= 11 is 0. The third-order valence-electron chi connectivity index (χ3n) is 2.71. The van der Waals surface area contributed by atoms with Gasteiger partial charge in [-0.2, -0.15) is 0 Å². The van der Waals surface area contributed by atoms with E-state index >= 15 is 0 Å². The van der Waals surface area contributed by atoms with Gasteiger partial charge in [-0.05, 0) is 31.6 Å². The summed E-state index contributed by atoms with van der Waals surface area (Å²) in [6.45, 7) is 4.11. The monoisotopic (exact) mass is 144 g/mol. The van der Waals surface area contributed by atoms with Crippen LogP contribution in [0, 0.1) is 11.8 Å². The molecule has 0 radical (unpaired) electrons. The zero-order valence-corrected chi connectivity index (χ0v) is 6.67. The third kappa shape index (κ3) is 1.32. The third-order valence-corrected chi connectivity index (χ3v) is 2.71. The van der Waals surface area contributed by atoms with Gasteiger partial charge in [0.15, 0.2) is 0 Å². The zero-order valence-electron chi connectivity index (χ0n) is 6.67. The van der Waals surface area contributed by atoms with Crippen LogP contribution in [0.2, 0.25) is 0 Å². The molecule has 3 atom stereocenters. The minimum Gasteiger partial charge on any atom is -0.396 e. The molecule has 0 aliphatic heterocycles. The average molecular weight is 144 g/mol. The SMILES string of the molecule is C[C@@H]1C[C@H](CO)C[C@@]1(C)O. The number of aliphatic hydroxyl groups is 2. The molecule has 1 saturated carbocycles. The first-order chi connectivity index (χ1) is 4.56. The molecule has 10 heavy (non-hydrogen) atoms. The molecule has 0 aromatic carbocycles. The lowest BCUT2D eigenvalue weighted by atomic mass is 9.95. The molecule has 1 rings (SSSR count). The van der Waals surface area contributed by atoms with Gasteiger partial charge in [0.05, 0.1) is 5.60 Å². The van der Waals surface area contributed by atoms with Crippen molar-refractivity contribution >= 4 is 0 Å². The van der Waals surface area contributed by atoms with Gasteiger partial charge >= 0.3 is 0 Å². The molecule has 0 heterocycles. The Morgan fingerprint density at radius 3 is 2.40 bits per heavy atom. The molecule has 0 aromatic heterocycles. The van der Waals surface area contributed by atoms with E-state index in [4.69, 9.17) is 5.11 Å². The summed E-state index contributed by atoms with van der Waals surface area (Å²) in [5.41, 5.74) is -0.534. The number of rotatable bonds is 1. The van der Waals surface area contributed by atoms with Crippen LogP contribution < -0.4 is 0 Å². The summed E-state index contributed by atoms with van der Waals surface area (Å²) in [4.78, 5) is 0. The van der Waals surface area contributed by atoms with Crippen molar-refractivity contribution in [1.82, 2.24) is 0 Å². The second-order valence-electron chi connectivity index (χ2n) is 3.75. The number of hydrogen-bond donors (Lipinski definition) is 2. The lowest BCUT2D eigenvalue weighted by Gasteiger charge is -2.21. The summed E-state index contributed by atoms with van der Waals surface area (Å²) in [6, 6.07) is 0. The smallest absolute Gasteiger partial charge is 0.0648 e. The lowest BCUT2D eigenvalue weighted by molar-refractivity contribution is 0.0245. The van der Waals surface area contributed by atoms with E-state index in [1.54, 1.807) is 0 Å². The molecule has 2 N–H and O–H groups in total. The molecule has 2 nitrogen and oxygen atoms in total. The maximum absolute atomic E-state index is 9.65. The highest BCUT2D eigenvalue weighted by molar-refractivity contribution is 4.90. The van der Waals surface area contributed by atoms with Crippen molar-refractivity contribution in [3.05, 3.63) is 0 Å². The predicted molar refractivity (Wildman–Crippen MR) is 39.6 cm³/mol. The predicted octanol–water partition coefficient (Wildman–Crippen LogP) is 0.776. The minimum absolute atomic E-state index is 0.223. The Kier molecular flexibility index (Phi) is 2.02. The fraction of sp³-hybridized carbons (Fsp3) is 1.00. The van der Waals surface area contributed by atoms with Gasteiger partial charge < -0.3 is 10.2 Å². The Morgan fingerprint density at radius 2 is 2.20 bits per heavy atom. The average Bonchev–Trinajstić information content (AvgIpc) is 2.08. The van der Waals surface area contributed by atoms with Crippen molar-refractivity contribution in [1.29, 1.82) is 0 Å². The first-order valence-corrected chi connectivity index (χ1v) is 3.89. The lowest BCUT2D eigenvalue weighted by Crippen LogP contribution is -2.26. The van der Waals surface area contributed by atoms with Crippen LogP contribution in [-0.2, 0) is 0 Å². The highest BCUT2D eigenvalue weighted by Crippen LogP contribution is 2.38. The Morgan fingerprint density at radius 1 is 1.60 bits per heavy atom. The Bertz CT molecular complexity index is 120. The summed E-state index contributed by atoms with van der Waals surface area (Å²) in [7, 11) is 0. The van der Waals surface area contributed by atoms with E-state index in [2.05, 4.69) is 0 Å². The van der Waals surface area contributed by atoms with Crippen molar-refractivity contribution < 1.29 is 10.2 Å². The van der Waals surface area contributed by atoms with Crippen molar-refractivity contribution in [3.63, 3.8) is 0 Å². The largest absolute Gasteiger partial charge is 0.396 e.